The summed E-state index contributed by atoms with van der Waals surface area (Å²) in [7, 11) is 0. The van der Waals surface area contributed by atoms with Crippen LogP contribution in [0.3, 0.4) is 0 Å². The molecule has 0 heterocycles. The Morgan fingerprint density at radius 3 is 2.27 bits per heavy atom. The number of anilines is 1. The van der Waals surface area contributed by atoms with Gasteiger partial charge in [0.15, 0.2) is 0 Å². The molecule has 0 spiro atoms. The Balaban J connectivity index is 1.69. The Labute approximate surface area is 177 Å². The number of carbonyl (C=O) groups excluding carboxylic acids is 2. The molecule has 1 amide bonds. The first-order valence-electron chi connectivity index (χ1n) is 8.89. The Morgan fingerprint density at radius 2 is 1.63 bits per heavy atom. The number of hydrogen-bond donors (Lipinski definition) is 1. The molecule has 30 heavy (non-hydrogen) atoms. The molecule has 3 aromatic carbocycles. The van der Waals surface area contributed by atoms with Crippen LogP contribution in [0.25, 0.3) is 0 Å². The van der Waals surface area contributed by atoms with Crippen LogP contribution in [0.1, 0.15) is 31.8 Å². The molecular formula is C22H17ClN2O5. The zero-order valence-corrected chi connectivity index (χ0v) is 16.9. The van der Waals surface area contributed by atoms with Crippen molar-refractivity contribution in [1.29, 1.82) is 0 Å². The van der Waals surface area contributed by atoms with E-state index < -0.39 is 10.9 Å². The highest BCUT2D eigenvalue weighted by atomic mass is 35.5. The first kappa shape index (κ1) is 21.0. The first-order chi connectivity index (χ1) is 14.2. The van der Waals surface area contributed by atoms with Gasteiger partial charge in [0, 0.05) is 17.3 Å². The van der Waals surface area contributed by atoms with E-state index in [9.17, 15) is 19.7 Å². The minimum Gasteiger partial charge on any atom is -0.423 e. The third-order valence-electron chi connectivity index (χ3n) is 4.34. The van der Waals surface area contributed by atoms with Crippen LogP contribution in [0.5, 0.6) is 5.75 Å². The minimum atomic E-state index is -0.776. The molecule has 8 heteroatoms. The van der Waals surface area contributed by atoms with Crippen LogP contribution in [0.2, 0.25) is 5.02 Å². The van der Waals surface area contributed by atoms with Crippen molar-refractivity contribution >= 4 is 34.9 Å². The van der Waals surface area contributed by atoms with Gasteiger partial charge in [0.1, 0.15) is 10.8 Å². The fraction of sp³-hybridized carbons (Fsp3) is 0.0909. The van der Waals surface area contributed by atoms with Crippen LogP contribution >= 0.6 is 11.6 Å². The topological polar surface area (TPSA) is 98.5 Å². The standard InChI is InChI=1S/C22H17ClN2O5/c1-13-3-10-19(14(2)11-13)24-21(26)15-4-7-17(8-5-15)30-22(27)16-6-9-18(23)20(12-16)25(28)29/h3-12H,1-2H3,(H,24,26). The van der Waals surface area contributed by atoms with E-state index >= 15 is 0 Å². The number of nitro groups is 1. The predicted octanol–water partition coefficient (Wildman–Crippen LogP) is 5.34. The molecule has 0 aliphatic rings. The summed E-state index contributed by atoms with van der Waals surface area (Å²) in [6.45, 7) is 3.88. The van der Waals surface area contributed by atoms with Gasteiger partial charge in [-0.05, 0) is 61.9 Å². The third kappa shape index (κ3) is 4.82. The molecule has 0 saturated heterocycles. The van der Waals surface area contributed by atoms with E-state index in [1.807, 2.05) is 32.0 Å². The molecule has 0 radical (unpaired) electrons. The fourth-order valence-corrected chi connectivity index (χ4v) is 2.95. The molecule has 152 valence electrons. The summed E-state index contributed by atoms with van der Waals surface area (Å²) in [6, 6.07) is 15.3. The zero-order chi connectivity index (χ0) is 21.8. The number of halogens is 1. The molecular weight excluding hydrogens is 408 g/mol. The van der Waals surface area contributed by atoms with Crippen LogP contribution in [0.15, 0.2) is 60.7 Å². The van der Waals surface area contributed by atoms with Crippen LogP contribution in [0, 0.1) is 24.0 Å². The predicted molar refractivity (Wildman–Crippen MR) is 113 cm³/mol. The van der Waals surface area contributed by atoms with E-state index in [0.717, 1.165) is 17.2 Å². The number of esters is 1. The minimum absolute atomic E-state index is 0.0113. The maximum atomic E-state index is 12.4. The van der Waals surface area contributed by atoms with Crippen molar-refractivity contribution in [3.63, 3.8) is 0 Å². The number of carbonyl (C=O) groups is 2. The van der Waals surface area contributed by atoms with Crippen molar-refractivity contribution < 1.29 is 19.2 Å². The smallest absolute Gasteiger partial charge is 0.343 e. The molecule has 7 nitrogen and oxygen atoms in total. The van der Waals surface area contributed by atoms with Gasteiger partial charge in [-0.25, -0.2) is 4.79 Å². The number of nitrogens with zero attached hydrogens (tertiary/aromatic N) is 1. The van der Waals surface area contributed by atoms with Crippen LogP contribution < -0.4 is 10.1 Å². The van der Waals surface area contributed by atoms with Gasteiger partial charge in [0.25, 0.3) is 11.6 Å². The SMILES string of the molecule is Cc1ccc(NC(=O)c2ccc(OC(=O)c3ccc(Cl)c([N+](=O)[O-])c3)cc2)c(C)c1. The maximum absolute atomic E-state index is 12.4. The molecule has 3 aromatic rings. The van der Waals surface area contributed by atoms with E-state index in [1.54, 1.807) is 0 Å². The van der Waals surface area contributed by atoms with E-state index in [2.05, 4.69) is 5.32 Å². The normalized spacial score (nSPS) is 10.4. The van der Waals surface area contributed by atoms with Crippen molar-refractivity contribution in [3.8, 4) is 5.75 Å². The molecule has 0 aliphatic heterocycles. The second-order valence-corrected chi connectivity index (χ2v) is 7.02. The van der Waals surface area contributed by atoms with Gasteiger partial charge >= 0.3 is 5.97 Å². The van der Waals surface area contributed by atoms with E-state index in [1.165, 1.54) is 36.4 Å². The van der Waals surface area contributed by atoms with Gasteiger partial charge in [0.05, 0.1) is 10.5 Å². The number of benzene rings is 3. The average molecular weight is 425 g/mol. The van der Waals surface area contributed by atoms with Gasteiger partial charge in [-0.1, -0.05) is 29.3 Å². The maximum Gasteiger partial charge on any atom is 0.343 e. The van der Waals surface area contributed by atoms with Crippen molar-refractivity contribution in [2.45, 2.75) is 13.8 Å². The third-order valence-corrected chi connectivity index (χ3v) is 4.66. The number of rotatable bonds is 5. The lowest BCUT2D eigenvalue weighted by Gasteiger charge is -2.10. The highest BCUT2D eigenvalue weighted by molar-refractivity contribution is 6.32. The van der Waals surface area contributed by atoms with Crippen molar-refractivity contribution in [1.82, 2.24) is 0 Å². The van der Waals surface area contributed by atoms with E-state index in [-0.39, 0.29) is 27.9 Å². The lowest BCUT2D eigenvalue weighted by Crippen LogP contribution is -2.13. The lowest BCUT2D eigenvalue weighted by atomic mass is 10.1. The van der Waals surface area contributed by atoms with Crippen molar-refractivity contribution in [2.75, 3.05) is 5.32 Å². The van der Waals surface area contributed by atoms with Crippen LogP contribution in [0.4, 0.5) is 11.4 Å². The largest absolute Gasteiger partial charge is 0.423 e. The van der Waals surface area contributed by atoms with E-state index in [4.69, 9.17) is 16.3 Å². The summed E-state index contributed by atoms with van der Waals surface area (Å²) in [5.74, 6) is -0.879. The van der Waals surface area contributed by atoms with Gasteiger partial charge < -0.3 is 10.1 Å². The number of hydrogen-bond acceptors (Lipinski definition) is 5. The van der Waals surface area contributed by atoms with Crippen molar-refractivity contribution in [3.05, 3.63) is 98.1 Å². The Kier molecular flexibility index (Phi) is 6.13. The Morgan fingerprint density at radius 1 is 0.967 bits per heavy atom. The molecule has 0 aliphatic carbocycles. The second kappa shape index (κ2) is 8.75. The first-order valence-corrected chi connectivity index (χ1v) is 9.27. The number of nitrogens with one attached hydrogen (secondary N) is 1. The Hall–Kier alpha value is -3.71. The average Bonchev–Trinajstić information content (AvgIpc) is 2.70. The molecule has 0 bridgehead atoms. The molecule has 0 saturated carbocycles. The zero-order valence-electron chi connectivity index (χ0n) is 16.1. The monoisotopic (exact) mass is 424 g/mol. The summed E-state index contributed by atoms with van der Waals surface area (Å²) in [5, 5.41) is 13.7. The molecule has 0 unspecified atom stereocenters. The highest BCUT2D eigenvalue weighted by Crippen LogP contribution is 2.26. The Bertz CT molecular complexity index is 1140. The van der Waals surface area contributed by atoms with Crippen molar-refractivity contribution in [2.24, 2.45) is 0 Å². The number of nitro benzene ring substituents is 1. The number of aryl methyl sites for hydroxylation is 2. The lowest BCUT2D eigenvalue weighted by molar-refractivity contribution is -0.384. The molecule has 0 aromatic heterocycles. The number of ether oxygens (including phenoxy) is 1. The molecule has 0 fully saturated rings. The summed E-state index contributed by atoms with van der Waals surface area (Å²) in [5.41, 5.74) is 2.75. The van der Waals surface area contributed by atoms with Gasteiger partial charge in [-0.3, -0.25) is 14.9 Å². The molecule has 0 atom stereocenters. The summed E-state index contributed by atoms with van der Waals surface area (Å²) in [4.78, 5) is 35.0. The number of amides is 1. The molecule has 1 N–H and O–H groups in total. The summed E-state index contributed by atoms with van der Waals surface area (Å²) in [6.07, 6.45) is 0. The van der Waals surface area contributed by atoms with E-state index in [0.29, 0.717) is 11.3 Å². The second-order valence-electron chi connectivity index (χ2n) is 6.61. The van der Waals surface area contributed by atoms with Crippen LogP contribution in [-0.4, -0.2) is 16.8 Å². The molecule has 3 rings (SSSR count). The quantitative estimate of drug-likeness (QED) is 0.258. The van der Waals surface area contributed by atoms with Gasteiger partial charge in [-0.15, -0.1) is 0 Å². The van der Waals surface area contributed by atoms with Gasteiger partial charge in [0.2, 0.25) is 0 Å². The van der Waals surface area contributed by atoms with Crippen LogP contribution in [-0.2, 0) is 0 Å². The highest BCUT2D eigenvalue weighted by Gasteiger charge is 2.18. The summed E-state index contributed by atoms with van der Waals surface area (Å²) >= 11 is 5.75. The van der Waals surface area contributed by atoms with Gasteiger partial charge in [-0.2, -0.15) is 0 Å². The summed E-state index contributed by atoms with van der Waals surface area (Å²) < 4.78 is 5.22. The fourth-order valence-electron chi connectivity index (χ4n) is 2.77.